The van der Waals surface area contributed by atoms with Crippen LogP contribution in [-0.2, 0) is 13.5 Å². The van der Waals surface area contributed by atoms with Gasteiger partial charge in [-0.25, -0.2) is 4.98 Å². The minimum Gasteiger partial charge on any atom is -0.399 e. The van der Waals surface area contributed by atoms with Crippen LogP contribution in [-0.4, -0.2) is 26.3 Å². The molecule has 0 fully saturated rings. The van der Waals surface area contributed by atoms with Crippen molar-refractivity contribution >= 4 is 22.3 Å². The van der Waals surface area contributed by atoms with Crippen LogP contribution in [0.2, 0.25) is 0 Å². The van der Waals surface area contributed by atoms with E-state index in [9.17, 15) is 0 Å². The van der Waals surface area contributed by atoms with Crippen molar-refractivity contribution in [2.75, 3.05) is 17.6 Å². The molecular weight excluding hydrogens is 252 g/mol. The molecule has 0 amide bonds. The van der Waals surface area contributed by atoms with Gasteiger partial charge in [-0.15, -0.1) is 0 Å². The van der Waals surface area contributed by atoms with Crippen LogP contribution in [0.15, 0.2) is 36.8 Å². The Balaban J connectivity index is 1.74. The van der Waals surface area contributed by atoms with Crippen molar-refractivity contribution in [3.05, 3.63) is 42.6 Å². The topological polar surface area (TPSA) is 81.7 Å². The van der Waals surface area contributed by atoms with E-state index >= 15 is 0 Å². The molecule has 1 aromatic carbocycles. The number of aromatic nitrogens is 4. The molecule has 6 nitrogen and oxygen atoms in total. The molecular formula is C14H16N6. The second-order valence-electron chi connectivity index (χ2n) is 4.65. The fourth-order valence-electron chi connectivity index (χ4n) is 2.13. The smallest absolute Gasteiger partial charge is 0.152 e. The standard InChI is InChI=1S/C14H16N6/c1-20-9-18-14(19-20)5-7-16-12-4-6-17-13-8-10(15)2-3-11(12)13/h2-4,6,8-9H,5,7,15H2,1H3,(H,16,17). The van der Waals surface area contributed by atoms with Crippen LogP contribution in [0.5, 0.6) is 0 Å². The van der Waals surface area contributed by atoms with Crippen molar-refractivity contribution in [2.45, 2.75) is 6.42 Å². The minimum absolute atomic E-state index is 0.722. The predicted octanol–water partition coefficient (Wildman–Crippen LogP) is 1.60. The highest BCUT2D eigenvalue weighted by Gasteiger charge is 2.03. The molecule has 0 saturated carbocycles. The molecule has 6 heteroatoms. The summed E-state index contributed by atoms with van der Waals surface area (Å²) in [6.45, 7) is 0.771. The highest BCUT2D eigenvalue weighted by molar-refractivity contribution is 5.92. The first-order valence-electron chi connectivity index (χ1n) is 6.45. The molecule has 3 rings (SSSR count). The lowest BCUT2D eigenvalue weighted by Crippen LogP contribution is -2.07. The summed E-state index contributed by atoms with van der Waals surface area (Å²) in [5.74, 6) is 0.836. The van der Waals surface area contributed by atoms with Crippen molar-refractivity contribution in [2.24, 2.45) is 7.05 Å². The van der Waals surface area contributed by atoms with Gasteiger partial charge in [0.15, 0.2) is 5.82 Å². The Morgan fingerprint density at radius 3 is 2.95 bits per heavy atom. The van der Waals surface area contributed by atoms with Crippen LogP contribution in [0.25, 0.3) is 10.9 Å². The average Bonchev–Trinajstić information content (AvgIpc) is 2.84. The number of fused-ring (bicyclic) bond motifs is 1. The fourth-order valence-corrected chi connectivity index (χ4v) is 2.13. The van der Waals surface area contributed by atoms with Gasteiger partial charge in [0, 0.05) is 43.0 Å². The van der Waals surface area contributed by atoms with Crippen LogP contribution in [0.1, 0.15) is 5.82 Å². The lowest BCUT2D eigenvalue weighted by Gasteiger charge is -2.08. The number of hydrogen-bond acceptors (Lipinski definition) is 5. The molecule has 0 spiro atoms. The monoisotopic (exact) mass is 268 g/mol. The van der Waals surface area contributed by atoms with E-state index in [2.05, 4.69) is 20.4 Å². The molecule has 3 aromatic rings. The Morgan fingerprint density at radius 1 is 1.25 bits per heavy atom. The normalized spacial score (nSPS) is 10.8. The Morgan fingerprint density at radius 2 is 2.15 bits per heavy atom. The van der Waals surface area contributed by atoms with E-state index in [1.54, 1.807) is 17.2 Å². The van der Waals surface area contributed by atoms with Crippen molar-refractivity contribution in [1.82, 2.24) is 19.7 Å². The summed E-state index contributed by atoms with van der Waals surface area (Å²) >= 11 is 0. The number of pyridine rings is 1. The highest BCUT2D eigenvalue weighted by atomic mass is 15.3. The predicted molar refractivity (Wildman–Crippen MR) is 79.4 cm³/mol. The molecule has 0 bridgehead atoms. The van der Waals surface area contributed by atoms with Crippen LogP contribution in [0.3, 0.4) is 0 Å². The average molecular weight is 268 g/mol. The molecule has 0 aliphatic heterocycles. The zero-order chi connectivity index (χ0) is 13.9. The Kier molecular flexibility index (Phi) is 3.20. The van der Waals surface area contributed by atoms with Gasteiger partial charge in [-0.1, -0.05) is 0 Å². The van der Waals surface area contributed by atoms with Crippen molar-refractivity contribution in [1.29, 1.82) is 0 Å². The second-order valence-corrected chi connectivity index (χ2v) is 4.65. The van der Waals surface area contributed by atoms with Crippen molar-refractivity contribution in [3.63, 3.8) is 0 Å². The third kappa shape index (κ3) is 2.54. The van der Waals surface area contributed by atoms with Crippen LogP contribution in [0, 0.1) is 0 Å². The van der Waals surface area contributed by atoms with Gasteiger partial charge in [0.1, 0.15) is 6.33 Å². The maximum atomic E-state index is 5.77. The van der Waals surface area contributed by atoms with Gasteiger partial charge in [-0.05, 0) is 24.3 Å². The van der Waals surface area contributed by atoms with Gasteiger partial charge in [-0.2, -0.15) is 5.10 Å². The Hall–Kier alpha value is -2.63. The number of nitrogens with zero attached hydrogens (tertiary/aromatic N) is 4. The maximum Gasteiger partial charge on any atom is 0.152 e. The number of rotatable bonds is 4. The summed E-state index contributed by atoms with van der Waals surface area (Å²) < 4.78 is 1.71. The number of nitrogens with two attached hydrogens (primary N) is 1. The maximum absolute atomic E-state index is 5.77. The molecule has 2 heterocycles. The first-order valence-corrected chi connectivity index (χ1v) is 6.45. The summed E-state index contributed by atoms with van der Waals surface area (Å²) in [7, 11) is 1.87. The van der Waals surface area contributed by atoms with Crippen LogP contribution >= 0.6 is 0 Å². The van der Waals surface area contributed by atoms with E-state index in [1.807, 2.05) is 31.3 Å². The van der Waals surface area contributed by atoms with Crippen LogP contribution < -0.4 is 11.1 Å². The number of aryl methyl sites for hydroxylation is 1. The zero-order valence-corrected chi connectivity index (χ0v) is 11.2. The minimum atomic E-state index is 0.722. The molecule has 0 aliphatic carbocycles. The number of anilines is 2. The molecule has 0 aliphatic rings. The van der Waals surface area contributed by atoms with Gasteiger partial charge in [0.2, 0.25) is 0 Å². The zero-order valence-electron chi connectivity index (χ0n) is 11.2. The third-order valence-electron chi connectivity index (χ3n) is 3.08. The number of hydrogen-bond donors (Lipinski definition) is 2. The van der Waals surface area contributed by atoms with Crippen LogP contribution in [0.4, 0.5) is 11.4 Å². The Bertz CT molecular complexity index is 733. The highest BCUT2D eigenvalue weighted by Crippen LogP contribution is 2.23. The summed E-state index contributed by atoms with van der Waals surface area (Å²) in [4.78, 5) is 8.53. The summed E-state index contributed by atoms with van der Waals surface area (Å²) in [5.41, 5.74) is 8.44. The van der Waals surface area contributed by atoms with Crippen molar-refractivity contribution < 1.29 is 0 Å². The quantitative estimate of drug-likeness (QED) is 0.702. The first kappa shape index (κ1) is 12.4. The molecule has 0 saturated heterocycles. The van der Waals surface area contributed by atoms with Gasteiger partial charge < -0.3 is 11.1 Å². The summed E-state index contributed by atoms with van der Waals surface area (Å²) in [6.07, 6.45) is 4.27. The third-order valence-corrected chi connectivity index (χ3v) is 3.08. The van der Waals surface area contributed by atoms with E-state index in [0.717, 1.165) is 41.1 Å². The molecule has 0 unspecified atom stereocenters. The summed E-state index contributed by atoms with van der Waals surface area (Å²) in [5, 5.41) is 8.71. The number of nitrogen functional groups attached to an aromatic ring is 1. The molecule has 2 aromatic heterocycles. The van der Waals surface area contributed by atoms with E-state index in [4.69, 9.17) is 5.73 Å². The largest absolute Gasteiger partial charge is 0.399 e. The van der Waals surface area contributed by atoms with Gasteiger partial charge in [0.05, 0.1) is 5.52 Å². The fraction of sp³-hybridized carbons (Fsp3) is 0.214. The first-order chi connectivity index (χ1) is 9.72. The van der Waals surface area contributed by atoms with Gasteiger partial charge >= 0.3 is 0 Å². The van der Waals surface area contributed by atoms with E-state index in [-0.39, 0.29) is 0 Å². The molecule has 3 N–H and O–H groups in total. The number of benzene rings is 1. The lowest BCUT2D eigenvalue weighted by atomic mass is 10.1. The Labute approximate surface area is 116 Å². The molecule has 0 radical (unpaired) electrons. The van der Waals surface area contributed by atoms with E-state index in [1.165, 1.54) is 0 Å². The number of nitrogens with one attached hydrogen (secondary N) is 1. The second kappa shape index (κ2) is 5.16. The summed E-state index contributed by atoms with van der Waals surface area (Å²) in [6, 6.07) is 7.71. The molecule has 102 valence electrons. The van der Waals surface area contributed by atoms with Gasteiger partial charge in [0.25, 0.3) is 0 Å². The molecule has 0 atom stereocenters. The SMILES string of the molecule is Cn1cnc(CCNc2ccnc3cc(N)ccc23)n1. The molecule has 20 heavy (non-hydrogen) atoms. The van der Waals surface area contributed by atoms with E-state index < -0.39 is 0 Å². The van der Waals surface area contributed by atoms with Crippen molar-refractivity contribution in [3.8, 4) is 0 Å². The van der Waals surface area contributed by atoms with E-state index in [0.29, 0.717) is 0 Å². The lowest BCUT2D eigenvalue weighted by molar-refractivity contribution is 0.742. The van der Waals surface area contributed by atoms with Gasteiger partial charge in [-0.3, -0.25) is 9.67 Å².